The van der Waals surface area contributed by atoms with Gasteiger partial charge in [0.05, 0.1) is 30.6 Å². The van der Waals surface area contributed by atoms with E-state index in [1.165, 1.54) is 0 Å². The Hall–Kier alpha value is -3.88. The molecule has 4 aromatic rings. The topological polar surface area (TPSA) is 71.4 Å². The van der Waals surface area contributed by atoms with Gasteiger partial charge in [0.25, 0.3) is 0 Å². The zero-order valence-electron chi connectivity index (χ0n) is 21.3. The van der Waals surface area contributed by atoms with E-state index in [-0.39, 0.29) is 24.5 Å². The zero-order valence-corrected chi connectivity index (χ0v) is 22.9. The highest BCUT2D eigenvalue weighted by Gasteiger charge is 2.42. The van der Waals surface area contributed by atoms with Crippen molar-refractivity contribution in [1.82, 2.24) is 19.8 Å². The largest absolute Gasteiger partial charge is 0.495 e. The summed E-state index contributed by atoms with van der Waals surface area (Å²) >= 11 is 12.1. The Morgan fingerprint density at radius 3 is 2.58 bits per heavy atom. The molecule has 5 rings (SSSR count). The third-order valence-electron chi connectivity index (χ3n) is 6.74. The molecular formula is C29H28ClN5O2S. The molecule has 2 N–H and O–H groups in total. The first-order chi connectivity index (χ1) is 18.4. The molecule has 0 radical (unpaired) electrons. The second-order valence-electron chi connectivity index (χ2n) is 9.15. The monoisotopic (exact) mass is 545 g/mol. The SMILES string of the molecule is COc1ccc(Cl)cc1-n1c(C)cc([C@@H]2[C@@H](c3ccccn3)NC(=S)N2CC(=O)Nc2ccccc2)c1C. The number of pyridine rings is 1. The number of methoxy groups -OCH3 is 1. The van der Waals surface area contributed by atoms with Gasteiger partial charge in [-0.1, -0.05) is 35.9 Å². The van der Waals surface area contributed by atoms with Gasteiger partial charge < -0.3 is 24.8 Å². The van der Waals surface area contributed by atoms with Gasteiger partial charge >= 0.3 is 0 Å². The lowest BCUT2D eigenvalue weighted by molar-refractivity contribution is -0.116. The second-order valence-corrected chi connectivity index (χ2v) is 9.97. The number of hydrogen-bond acceptors (Lipinski definition) is 4. The van der Waals surface area contributed by atoms with E-state index in [2.05, 4.69) is 33.2 Å². The van der Waals surface area contributed by atoms with Crippen LogP contribution in [0.3, 0.4) is 0 Å². The minimum absolute atomic E-state index is 0.0822. The van der Waals surface area contributed by atoms with Crippen LogP contribution in [0, 0.1) is 13.8 Å². The normalized spacial score (nSPS) is 16.8. The number of nitrogens with zero attached hydrogens (tertiary/aromatic N) is 3. The summed E-state index contributed by atoms with van der Waals surface area (Å²) in [5.41, 5.74) is 5.45. The van der Waals surface area contributed by atoms with Crippen LogP contribution in [-0.4, -0.2) is 39.1 Å². The van der Waals surface area contributed by atoms with E-state index in [0.29, 0.717) is 15.9 Å². The molecule has 3 heterocycles. The van der Waals surface area contributed by atoms with Gasteiger partial charge in [-0.2, -0.15) is 0 Å². The van der Waals surface area contributed by atoms with Gasteiger partial charge in [-0.25, -0.2) is 0 Å². The van der Waals surface area contributed by atoms with E-state index in [4.69, 9.17) is 28.6 Å². The molecule has 194 valence electrons. The molecule has 1 aliphatic rings. The van der Waals surface area contributed by atoms with E-state index in [9.17, 15) is 4.79 Å². The summed E-state index contributed by atoms with van der Waals surface area (Å²) in [6.07, 6.45) is 1.77. The van der Waals surface area contributed by atoms with Crippen molar-refractivity contribution >= 4 is 40.5 Å². The van der Waals surface area contributed by atoms with Crippen LogP contribution in [0.5, 0.6) is 5.75 Å². The number of para-hydroxylation sites is 1. The Balaban J connectivity index is 1.57. The average molecular weight is 546 g/mol. The molecule has 0 aliphatic carbocycles. The van der Waals surface area contributed by atoms with Crippen LogP contribution in [0.4, 0.5) is 5.69 Å². The van der Waals surface area contributed by atoms with Crippen LogP contribution < -0.4 is 15.4 Å². The van der Waals surface area contributed by atoms with Crippen molar-refractivity contribution in [2.45, 2.75) is 25.9 Å². The number of benzene rings is 2. The minimum atomic E-state index is -0.274. The lowest BCUT2D eigenvalue weighted by Gasteiger charge is -2.27. The maximum absolute atomic E-state index is 13.1. The number of nitrogens with one attached hydrogen (secondary N) is 2. The number of anilines is 1. The first-order valence-electron chi connectivity index (χ1n) is 12.2. The molecule has 1 aliphatic heterocycles. The van der Waals surface area contributed by atoms with Gasteiger partial charge in [0.2, 0.25) is 5.91 Å². The number of ether oxygens (including phenoxy) is 1. The van der Waals surface area contributed by atoms with Crippen molar-refractivity contribution in [3.63, 3.8) is 0 Å². The molecule has 0 saturated carbocycles. The molecule has 1 saturated heterocycles. The second kappa shape index (κ2) is 10.8. The van der Waals surface area contributed by atoms with Gasteiger partial charge in [-0.05, 0) is 80.2 Å². The smallest absolute Gasteiger partial charge is 0.244 e. The first kappa shape index (κ1) is 25.8. The molecule has 2 aromatic heterocycles. The summed E-state index contributed by atoms with van der Waals surface area (Å²) in [5.74, 6) is 0.556. The molecule has 7 nitrogen and oxygen atoms in total. The Bertz CT molecular complexity index is 1480. The fourth-order valence-corrected chi connectivity index (χ4v) is 5.56. The maximum atomic E-state index is 13.1. The summed E-state index contributed by atoms with van der Waals surface area (Å²) in [4.78, 5) is 19.7. The molecule has 0 bridgehead atoms. The van der Waals surface area contributed by atoms with Gasteiger partial charge in [0, 0.05) is 28.3 Å². The third-order valence-corrected chi connectivity index (χ3v) is 7.33. The van der Waals surface area contributed by atoms with E-state index in [1.807, 2.05) is 78.6 Å². The first-order valence-corrected chi connectivity index (χ1v) is 13.0. The number of rotatable bonds is 7. The van der Waals surface area contributed by atoms with E-state index >= 15 is 0 Å². The number of carbonyl (C=O) groups is 1. The van der Waals surface area contributed by atoms with Gasteiger partial charge in [0.15, 0.2) is 5.11 Å². The summed E-state index contributed by atoms with van der Waals surface area (Å²) in [6, 6.07) is 22.4. The number of aromatic nitrogens is 2. The van der Waals surface area contributed by atoms with Gasteiger partial charge in [0.1, 0.15) is 12.3 Å². The van der Waals surface area contributed by atoms with Gasteiger partial charge in [-0.15, -0.1) is 0 Å². The van der Waals surface area contributed by atoms with Crippen LogP contribution in [0.15, 0.2) is 79.0 Å². The molecular weight excluding hydrogens is 518 g/mol. The minimum Gasteiger partial charge on any atom is -0.495 e. The Labute approximate surface area is 232 Å². The molecule has 2 atom stereocenters. The summed E-state index contributed by atoms with van der Waals surface area (Å²) < 4.78 is 7.78. The number of hydrogen-bond donors (Lipinski definition) is 2. The molecule has 0 spiro atoms. The van der Waals surface area contributed by atoms with Crippen LogP contribution >= 0.6 is 23.8 Å². The Morgan fingerprint density at radius 2 is 1.87 bits per heavy atom. The quantitative estimate of drug-likeness (QED) is 0.288. The Kier molecular flexibility index (Phi) is 7.35. The molecule has 1 fully saturated rings. The molecule has 2 aromatic carbocycles. The summed E-state index contributed by atoms with van der Waals surface area (Å²) in [5, 5.41) is 7.51. The van der Waals surface area contributed by atoms with Crippen LogP contribution in [0.25, 0.3) is 5.69 Å². The number of carbonyl (C=O) groups excluding carboxylic acids is 1. The lowest BCUT2D eigenvalue weighted by atomic mass is 9.96. The van der Waals surface area contributed by atoms with Crippen molar-refractivity contribution < 1.29 is 9.53 Å². The molecule has 1 amide bonds. The number of thiocarbonyl (C=S) groups is 1. The van der Waals surface area contributed by atoms with Crippen LogP contribution in [0.2, 0.25) is 5.02 Å². The average Bonchev–Trinajstić information content (AvgIpc) is 3.39. The lowest BCUT2D eigenvalue weighted by Crippen LogP contribution is -2.37. The predicted molar refractivity (Wildman–Crippen MR) is 154 cm³/mol. The highest BCUT2D eigenvalue weighted by Crippen LogP contribution is 2.42. The summed E-state index contributed by atoms with van der Waals surface area (Å²) in [6.45, 7) is 4.18. The predicted octanol–water partition coefficient (Wildman–Crippen LogP) is 5.76. The summed E-state index contributed by atoms with van der Waals surface area (Å²) in [7, 11) is 1.64. The van der Waals surface area contributed by atoms with Crippen molar-refractivity contribution in [1.29, 1.82) is 0 Å². The molecule has 9 heteroatoms. The van der Waals surface area contributed by atoms with E-state index < -0.39 is 0 Å². The fourth-order valence-electron chi connectivity index (χ4n) is 5.09. The molecule has 0 unspecified atom stereocenters. The highest BCUT2D eigenvalue weighted by molar-refractivity contribution is 7.80. The fraction of sp³-hybridized carbons (Fsp3) is 0.207. The zero-order chi connectivity index (χ0) is 26.8. The number of halogens is 1. The number of amides is 1. The van der Waals surface area contributed by atoms with Crippen molar-refractivity contribution in [2.75, 3.05) is 19.0 Å². The van der Waals surface area contributed by atoms with E-state index in [1.54, 1.807) is 13.3 Å². The van der Waals surface area contributed by atoms with Crippen molar-refractivity contribution in [2.24, 2.45) is 0 Å². The van der Waals surface area contributed by atoms with E-state index in [0.717, 1.165) is 34.0 Å². The maximum Gasteiger partial charge on any atom is 0.244 e. The van der Waals surface area contributed by atoms with Crippen molar-refractivity contribution in [3.05, 3.63) is 107 Å². The van der Waals surface area contributed by atoms with Crippen molar-refractivity contribution in [3.8, 4) is 11.4 Å². The van der Waals surface area contributed by atoms with Crippen LogP contribution in [0.1, 0.15) is 34.7 Å². The van der Waals surface area contributed by atoms with Gasteiger partial charge in [-0.3, -0.25) is 9.78 Å². The third kappa shape index (κ3) is 4.97. The van der Waals surface area contributed by atoms with Crippen LogP contribution in [-0.2, 0) is 4.79 Å². The Morgan fingerprint density at radius 1 is 1.11 bits per heavy atom. The highest BCUT2D eigenvalue weighted by atomic mass is 35.5. The molecule has 38 heavy (non-hydrogen) atoms. The number of aryl methyl sites for hydroxylation is 1. The standard InChI is InChI=1S/C29H28ClN5O2S/c1-18-15-22(19(2)35(18)24-16-20(30)12-13-25(24)37-3)28-27(23-11-7-8-14-31-23)33-29(38)34(28)17-26(36)32-21-9-5-4-6-10-21/h4-16,27-28H,17H2,1-3H3,(H,32,36)(H,33,38)/t27-,28-/m1/s1.